The Morgan fingerprint density at radius 3 is 2.62 bits per heavy atom. The summed E-state index contributed by atoms with van der Waals surface area (Å²) in [6, 6.07) is 6.01. The lowest BCUT2D eigenvalue weighted by atomic mass is 9.80. The van der Waals surface area contributed by atoms with Crippen LogP contribution < -0.4 is 11.3 Å². The van der Waals surface area contributed by atoms with E-state index in [9.17, 15) is 4.79 Å². The van der Waals surface area contributed by atoms with Crippen molar-refractivity contribution in [3.8, 4) is 0 Å². The number of hydrazine groups is 1. The molecule has 1 amide bonds. The highest BCUT2D eigenvalue weighted by Crippen LogP contribution is 2.34. The number of nitrogens with two attached hydrogens (primary N) is 1. The molecule has 3 N–H and O–H groups in total. The van der Waals surface area contributed by atoms with Gasteiger partial charge in [-0.3, -0.25) is 15.2 Å². The van der Waals surface area contributed by atoms with Gasteiger partial charge in [-0.15, -0.1) is 0 Å². The Hall–Kier alpha value is -1.42. The maximum absolute atomic E-state index is 11.4. The van der Waals surface area contributed by atoms with Crippen LogP contribution in [0.2, 0.25) is 0 Å². The Kier molecular flexibility index (Phi) is 3.51. The van der Waals surface area contributed by atoms with E-state index in [2.05, 4.69) is 16.5 Å². The van der Waals surface area contributed by atoms with Gasteiger partial charge in [-0.1, -0.05) is 6.07 Å². The molecule has 86 valence electrons. The van der Waals surface area contributed by atoms with E-state index in [1.165, 1.54) is 0 Å². The fraction of sp³-hybridized carbons (Fsp3) is 0.500. The summed E-state index contributed by atoms with van der Waals surface area (Å²) < 4.78 is 0. The minimum atomic E-state index is -0.0283. The lowest BCUT2D eigenvalue weighted by Crippen LogP contribution is -2.37. The van der Waals surface area contributed by atoms with Crippen molar-refractivity contribution in [2.75, 3.05) is 0 Å². The first-order valence-electron chi connectivity index (χ1n) is 5.72. The molecule has 0 aliphatic heterocycles. The van der Waals surface area contributed by atoms with Gasteiger partial charge in [0, 0.05) is 23.7 Å². The summed E-state index contributed by atoms with van der Waals surface area (Å²) in [6.45, 7) is 0. The fourth-order valence-electron chi connectivity index (χ4n) is 2.39. The molecule has 16 heavy (non-hydrogen) atoms. The number of aromatic nitrogens is 1. The monoisotopic (exact) mass is 219 g/mol. The van der Waals surface area contributed by atoms with Gasteiger partial charge in [-0.2, -0.15) is 0 Å². The number of nitrogens with one attached hydrogen (secondary N) is 1. The van der Waals surface area contributed by atoms with E-state index in [0.29, 0.717) is 5.92 Å². The van der Waals surface area contributed by atoms with Crippen molar-refractivity contribution in [3.63, 3.8) is 0 Å². The van der Waals surface area contributed by atoms with Gasteiger partial charge < -0.3 is 0 Å². The first kappa shape index (κ1) is 11.1. The van der Waals surface area contributed by atoms with Gasteiger partial charge in [0.2, 0.25) is 5.91 Å². The SMILES string of the molecule is NNC(=O)[C@H]1CC[C@H](c2ccccn2)CC1. The molecule has 1 fully saturated rings. The molecular weight excluding hydrogens is 202 g/mol. The highest BCUT2D eigenvalue weighted by atomic mass is 16.2. The molecule has 4 nitrogen and oxygen atoms in total. The topological polar surface area (TPSA) is 68.0 Å². The van der Waals surface area contributed by atoms with Crippen LogP contribution >= 0.6 is 0 Å². The van der Waals surface area contributed by atoms with Crippen molar-refractivity contribution in [3.05, 3.63) is 30.1 Å². The number of hydrogen-bond donors (Lipinski definition) is 2. The summed E-state index contributed by atoms with van der Waals surface area (Å²) >= 11 is 0. The molecule has 0 radical (unpaired) electrons. The van der Waals surface area contributed by atoms with Crippen molar-refractivity contribution in [1.29, 1.82) is 0 Å². The van der Waals surface area contributed by atoms with Crippen LogP contribution in [0.1, 0.15) is 37.3 Å². The third-order valence-corrected chi connectivity index (χ3v) is 3.35. The van der Waals surface area contributed by atoms with Gasteiger partial charge in [-0.05, 0) is 37.8 Å². The summed E-state index contributed by atoms with van der Waals surface area (Å²) in [5.41, 5.74) is 3.38. The summed E-state index contributed by atoms with van der Waals surface area (Å²) in [4.78, 5) is 15.7. The summed E-state index contributed by atoms with van der Waals surface area (Å²) in [5, 5.41) is 0. The largest absolute Gasteiger partial charge is 0.294 e. The molecule has 1 aromatic heterocycles. The minimum absolute atomic E-state index is 0.0283. The Balaban J connectivity index is 1.93. The van der Waals surface area contributed by atoms with Crippen LogP contribution in [0.15, 0.2) is 24.4 Å². The fourth-order valence-corrected chi connectivity index (χ4v) is 2.39. The lowest BCUT2D eigenvalue weighted by molar-refractivity contribution is -0.126. The van der Waals surface area contributed by atoms with E-state index in [-0.39, 0.29) is 11.8 Å². The summed E-state index contributed by atoms with van der Waals surface area (Å²) in [5.74, 6) is 5.70. The molecule has 1 aliphatic carbocycles. The summed E-state index contributed by atoms with van der Waals surface area (Å²) in [6.07, 6.45) is 5.69. The Bertz CT molecular complexity index is 345. The molecule has 1 aliphatic rings. The lowest BCUT2D eigenvalue weighted by Gasteiger charge is -2.26. The van der Waals surface area contributed by atoms with Crippen LogP contribution in [-0.4, -0.2) is 10.9 Å². The maximum Gasteiger partial charge on any atom is 0.236 e. The molecule has 0 aromatic carbocycles. The number of hydrogen-bond acceptors (Lipinski definition) is 3. The van der Waals surface area contributed by atoms with Crippen LogP contribution in [0.4, 0.5) is 0 Å². The third kappa shape index (κ3) is 2.39. The number of carbonyl (C=O) groups is 1. The van der Waals surface area contributed by atoms with Crippen molar-refractivity contribution in [2.24, 2.45) is 11.8 Å². The van der Waals surface area contributed by atoms with E-state index in [4.69, 9.17) is 5.84 Å². The molecule has 1 saturated carbocycles. The Labute approximate surface area is 95.2 Å². The van der Waals surface area contributed by atoms with Crippen molar-refractivity contribution < 1.29 is 4.79 Å². The zero-order valence-electron chi connectivity index (χ0n) is 9.23. The molecule has 0 unspecified atom stereocenters. The number of pyridine rings is 1. The van der Waals surface area contributed by atoms with Gasteiger partial charge in [-0.25, -0.2) is 5.84 Å². The standard InChI is InChI=1S/C12H17N3O/c13-15-12(16)10-6-4-9(5-7-10)11-3-1-2-8-14-11/h1-3,8-10H,4-7,13H2,(H,15,16)/t9-,10-. The molecule has 0 spiro atoms. The van der Waals surface area contributed by atoms with Crippen LogP contribution in [0.3, 0.4) is 0 Å². The Morgan fingerprint density at radius 2 is 2.06 bits per heavy atom. The van der Waals surface area contributed by atoms with Crippen molar-refractivity contribution >= 4 is 5.91 Å². The van der Waals surface area contributed by atoms with Crippen molar-refractivity contribution in [2.45, 2.75) is 31.6 Å². The maximum atomic E-state index is 11.4. The molecule has 0 atom stereocenters. The molecule has 2 rings (SSSR count). The number of carbonyl (C=O) groups excluding carboxylic acids is 1. The second-order valence-corrected chi connectivity index (χ2v) is 4.31. The highest BCUT2D eigenvalue weighted by molar-refractivity contribution is 5.78. The summed E-state index contributed by atoms with van der Waals surface area (Å²) in [7, 11) is 0. The first-order chi connectivity index (χ1) is 7.81. The second-order valence-electron chi connectivity index (χ2n) is 4.31. The van der Waals surface area contributed by atoms with E-state index >= 15 is 0 Å². The van der Waals surface area contributed by atoms with Crippen molar-refractivity contribution in [1.82, 2.24) is 10.4 Å². The van der Waals surface area contributed by atoms with E-state index in [0.717, 1.165) is 31.4 Å². The number of nitrogens with zero attached hydrogens (tertiary/aromatic N) is 1. The smallest absolute Gasteiger partial charge is 0.236 e. The van der Waals surface area contributed by atoms with Crippen LogP contribution in [0.5, 0.6) is 0 Å². The molecule has 1 heterocycles. The van der Waals surface area contributed by atoms with Gasteiger partial charge in [0.15, 0.2) is 0 Å². The number of rotatable bonds is 2. The second kappa shape index (κ2) is 5.07. The van der Waals surface area contributed by atoms with E-state index in [1.54, 1.807) is 0 Å². The predicted octanol–water partition coefficient (Wildman–Crippen LogP) is 1.35. The zero-order chi connectivity index (χ0) is 11.4. The van der Waals surface area contributed by atoms with Gasteiger partial charge in [0.25, 0.3) is 0 Å². The zero-order valence-corrected chi connectivity index (χ0v) is 9.23. The van der Waals surface area contributed by atoms with E-state index < -0.39 is 0 Å². The molecule has 4 heteroatoms. The predicted molar refractivity (Wildman–Crippen MR) is 61.3 cm³/mol. The van der Waals surface area contributed by atoms with Crippen LogP contribution in [0, 0.1) is 5.92 Å². The van der Waals surface area contributed by atoms with E-state index in [1.807, 2.05) is 18.3 Å². The molecular formula is C12H17N3O. The highest BCUT2D eigenvalue weighted by Gasteiger charge is 2.26. The first-order valence-corrected chi connectivity index (χ1v) is 5.72. The van der Waals surface area contributed by atoms with Gasteiger partial charge in [0.1, 0.15) is 0 Å². The quantitative estimate of drug-likeness (QED) is 0.448. The normalized spacial score (nSPS) is 25.1. The third-order valence-electron chi connectivity index (χ3n) is 3.35. The molecule has 0 bridgehead atoms. The van der Waals surface area contributed by atoms with Crippen LogP contribution in [0.25, 0.3) is 0 Å². The molecule has 1 aromatic rings. The number of amides is 1. The van der Waals surface area contributed by atoms with Crippen LogP contribution in [-0.2, 0) is 4.79 Å². The average molecular weight is 219 g/mol. The average Bonchev–Trinajstić information content (AvgIpc) is 2.39. The molecule has 0 saturated heterocycles. The van der Waals surface area contributed by atoms with Gasteiger partial charge in [0.05, 0.1) is 0 Å². The minimum Gasteiger partial charge on any atom is -0.294 e. The van der Waals surface area contributed by atoms with Gasteiger partial charge >= 0.3 is 0 Å². The Morgan fingerprint density at radius 1 is 1.31 bits per heavy atom.